The molecule has 0 bridgehead atoms. The minimum absolute atomic E-state index is 0.0141. The Morgan fingerprint density at radius 1 is 1.17 bits per heavy atom. The van der Waals surface area contributed by atoms with Gasteiger partial charge in [-0.1, -0.05) is 6.07 Å². The third-order valence-electron chi connectivity index (χ3n) is 3.34. The largest absolute Gasteiger partial charge is 0.494 e. The summed E-state index contributed by atoms with van der Waals surface area (Å²) in [7, 11) is -2.53. The molecule has 3 rings (SSSR count). The molecule has 0 aliphatic carbocycles. The maximum Gasteiger partial charge on any atom is 0.240 e. The highest BCUT2D eigenvalue weighted by atomic mass is 32.2. The lowest BCUT2D eigenvalue weighted by Gasteiger charge is -2.09. The van der Waals surface area contributed by atoms with Gasteiger partial charge in [-0.3, -0.25) is 0 Å². The molecule has 0 amide bonds. The Morgan fingerprint density at radius 2 is 1.96 bits per heavy atom. The molecule has 0 radical (unpaired) electrons. The molecule has 23 heavy (non-hydrogen) atoms. The van der Waals surface area contributed by atoms with Gasteiger partial charge in [0, 0.05) is 6.54 Å². The van der Waals surface area contributed by atoms with Crippen LogP contribution >= 0.6 is 0 Å². The Kier molecular flexibility index (Phi) is 4.10. The molecular formula is C15H14FNO5S. The zero-order valence-corrected chi connectivity index (χ0v) is 13.0. The van der Waals surface area contributed by atoms with E-state index in [0.717, 1.165) is 6.07 Å². The summed E-state index contributed by atoms with van der Waals surface area (Å²) in [6.07, 6.45) is 0. The first-order chi connectivity index (χ1) is 11.0. The van der Waals surface area contributed by atoms with Crippen LogP contribution < -0.4 is 18.9 Å². The molecular weight excluding hydrogens is 325 g/mol. The van der Waals surface area contributed by atoms with E-state index in [0.29, 0.717) is 17.1 Å². The topological polar surface area (TPSA) is 73.9 Å². The fourth-order valence-electron chi connectivity index (χ4n) is 2.13. The monoisotopic (exact) mass is 339 g/mol. The van der Waals surface area contributed by atoms with Crippen LogP contribution in [0.5, 0.6) is 17.2 Å². The molecule has 6 nitrogen and oxygen atoms in total. The van der Waals surface area contributed by atoms with Crippen LogP contribution in [0.15, 0.2) is 41.3 Å². The van der Waals surface area contributed by atoms with Crippen LogP contribution in [0.3, 0.4) is 0 Å². The molecule has 0 aromatic heterocycles. The van der Waals surface area contributed by atoms with Gasteiger partial charge in [-0.2, -0.15) is 0 Å². The SMILES string of the molecule is COc1ccc(S(=O)(=O)NCc2ccc3c(c2)OCO3)cc1F. The van der Waals surface area contributed by atoms with Crippen molar-refractivity contribution in [3.63, 3.8) is 0 Å². The molecule has 1 N–H and O–H groups in total. The van der Waals surface area contributed by atoms with E-state index in [4.69, 9.17) is 14.2 Å². The summed E-state index contributed by atoms with van der Waals surface area (Å²) in [5, 5.41) is 0. The number of ether oxygens (including phenoxy) is 3. The number of halogens is 1. The number of sulfonamides is 1. The fourth-order valence-corrected chi connectivity index (χ4v) is 3.16. The first kappa shape index (κ1) is 15.6. The zero-order chi connectivity index (χ0) is 16.4. The van der Waals surface area contributed by atoms with Crippen molar-refractivity contribution >= 4 is 10.0 Å². The molecule has 1 heterocycles. The van der Waals surface area contributed by atoms with Crippen LogP contribution in [0.1, 0.15) is 5.56 Å². The number of hydrogen-bond acceptors (Lipinski definition) is 5. The van der Waals surface area contributed by atoms with Crippen LogP contribution in [0.4, 0.5) is 4.39 Å². The molecule has 0 unspecified atom stereocenters. The van der Waals surface area contributed by atoms with Gasteiger partial charge in [-0.15, -0.1) is 0 Å². The standard InChI is InChI=1S/C15H14FNO5S/c1-20-13-5-3-11(7-12(13)16)23(18,19)17-8-10-2-4-14-15(6-10)22-9-21-14/h2-7,17H,8-9H2,1H3. The van der Waals surface area contributed by atoms with E-state index in [1.807, 2.05) is 0 Å². The Morgan fingerprint density at radius 3 is 2.70 bits per heavy atom. The van der Waals surface area contributed by atoms with E-state index in [1.165, 1.54) is 19.2 Å². The maximum absolute atomic E-state index is 13.6. The molecule has 0 atom stereocenters. The molecule has 2 aromatic rings. The Bertz CT molecular complexity index is 838. The van der Waals surface area contributed by atoms with E-state index in [-0.39, 0.29) is 24.0 Å². The third-order valence-corrected chi connectivity index (χ3v) is 4.74. The molecule has 0 spiro atoms. The van der Waals surface area contributed by atoms with E-state index >= 15 is 0 Å². The number of fused-ring (bicyclic) bond motifs is 1. The smallest absolute Gasteiger partial charge is 0.240 e. The van der Waals surface area contributed by atoms with Gasteiger partial charge < -0.3 is 14.2 Å². The Balaban J connectivity index is 1.75. The van der Waals surface area contributed by atoms with Gasteiger partial charge in [0.2, 0.25) is 16.8 Å². The first-order valence-corrected chi connectivity index (χ1v) is 8.19. The van der Waals surface area contributed by atoms with Gasteiger partial charge in [0.25, 0.3) is 0 Å². The maximum atomic E-state index is 13.6. The van der Waals surface area contributed by atoms with Gasteiger partial charge in [0.05, 0.1) is 12.0 Å². The molecule has 0 saturated carbocycles. The molecule has 0 fully saturated rings. The number of methoxy groups -OCH3 is 1. The van der Waals surface area contributed by atoms with Crippen molar-refractivity contribution in [1.29, 1.82) is 0 Å². The summed E-state index contributed by atoms with van der Waals surface area (Å²) in [6, 6.07) is 8.60. The second kappa shape index (κ2) is 6.05. The summed E-state index contributed by atoms with van der Waals surface area (Å²) < 4.78 is 55.7. The predicted octanol–water partition coefficient (Wildman–Crippen LogP) is 2.04. The lowest BCUT2D eigenvalue weighted by Crippen LogP contribution is -2.23. The number of rotatable bonds is 5. The van der Waals surface area contributed by atoms with Gasteiger partial charge in [0.1, 0.15) is 0 Å². The van der Waals surface area contributed by atoms with Crippen molar-refractivity contribution in [2.75, 3.05) is 13.9 Å². The Hall–Kier alpha value is -2.32. The molecule has 8 heteroatoms. The van der Waals surface area contributed by atoms with Gasteiger partial charge >= 0.3 is 0 Å². The van der Waals surface area contributed by atoms with Crippen molar-refractivity contribution in [2.45, 2.75) is 11.4 Å². The fraction of sp³-hybridized carbons (Fsp3) is 0.200. The number of nitrogens with one attached hydrogen (secondary N) is 1. The van der Waals surface area contributed by atoms with E-state index in [1.54, 1.807) is 18.2 Å². The number of hydrogen-bond donors (Lipinski definition) is 1. The van der Waals surface area contributed by atoms with Crippen molar-refractivity contribution in [1.82, 2.24) is 4.72 Å². The van der Waals surface area contributed by atoms with Crippen molar-refractivity contribution in [3.05, 3.63) is 47.8 Å². The van der Waals surface area contributed by atoms with Gasteiger partial charge in [0.15, 0.2) is 23.1 Å². The van der Waals surface area contributed by atoms with Crippen LogP contribution in [0.2, 0.25) is 0 Å². The van der Waals surface area contributed by atoms with Gasteiger partial charge in [-0.25, -0.2) is 17.5 Å². The second-order valence-electron chi connectivity index (χ2n) is 4.81. The summed E-state index contributed by atoms with van der Waals surface area (Å²) in [5.41, 5.74) is 0.701. The molecule has 2 aromatic carbocycles. The minimum atomic E-state index is -3.84. The summed E-state index contributed by atoms with van der Waals surface area (Å²) in [5.74, 6) is 0.434. The van der Waals surface area contributed by atoms with Crippen LogP contribution in [0, 0.1) is 5.82 Å². The zero-order valence-electron chi connectivity index (χ0n) is 12.2. The van der Waals surface area contributed by atoms with Crippen molar-refractivity contribution in [2.24, 2.45) is 0 Å². The summed E-state index contributed by atoms with van der Waals surface area (Å²) in [4.78, 5) is -0.170. The number of benzene rings is 2. The molecule has 1 aliphatic heterocycles. The van der Waals surface area contributed by atoms with E-state index in [9.17, 15) is 12.8 Å². The highest BCUT2D eigenvalue weighted by Gasteiger charge is 2.18. The summed E-state index contributed by atoms with van der Waals surface area (Å²) >= 11 is 0. The normalized spacial score (nSPS) is 13.1. The minimum Gasteiger partial charge on any atom is -0.494 e. The van der Waals surface area contributed by atoms with Crippen molar-refractivity contribution < 1.29 is 27.0 Å². The van der Waals surface area contributed by atoms with Crippen LogP contribution in [0.25, 0.3) is 0 Å². The van der Waals surface area contributed by atoms with Gasteiger partial charge in [-0.05, 0) is 35.9 Å². The predicted molar refractivity (Wildman–Crippen MR) is 79.5 cm³/mol. The quantitative estimate of drug-likeness (QED) is 0.902. The lowest BCUT2D eigenvalue weighted by molar-refractivity contribution is 0.174. The highest BCUT2D eigenvalue weighted by molar-refractivity contribution is 7.89. The molecule has 122 valence electrons. The highest BCUT2D eigenvalue weighted by Crippen LogP contribution is 2.32. The Labute approximate surface area is 132 Å². The lowest BCUT2D eigenvalue weighted by atomic mass is 10.2. The molecule has 0 saturated heterocycles. The van der Waals surface area contributed by atoms with E-state index in [2.05, 4.69) is 4.72 Å². The first-order valence-electron chi connectivity index (χ1n) is 6.71. The van der Waals surface area contributed by atoms with E-state index < -0.39 is 15.8 Å². The van der Waals surface area contributed by atoms with Crippen LogP contribution in [-0.4, -0.2) is 22.3 Å². The van der Waals surface area contributed by atoms with Crippen LogP contribution in [-0.2, 0) is 16.6 Å². The average Bonchev–Trinajstić information content (AvgIpc) is 3.00. The summed E-state index contributed by atoms with van der Waals surface area (Å²) in [6.45, 7) is 0.197. The second-order valence-corrected chi connectivity index (χ2v) is 6.58. The van der Waals surface area contributed by atoms with Crippen molar-refractivity contribution in [3.8, 4) is 17.2 Å². The average molecular weight is 339 g/mol. The molecule has 1 aliphatic rings. The third kappa shape index (κ3) is 3.22.